The van der Waals surface area contributed by atoms with E-state index in [1.807, 2.05) is 0 Å². The Kier molecular flexibility index (Phi) is 4.78. The van der Waals surface area contributed by atoms with Crippen LogP contribution in [0.1, 0.15) is 47.0 Å². The van der Waals surface area contributed by atoms with E-state index in [9.17, 15) is 4.79 Å². The van der Waals surface area contributed by atoms with E-state index in [2.05, 4.69) is 38.3 Å². The molecule has 1 aliphatic heterocycles. The second-order valence-corrected chi connectivity index (χ2v) is 5.07. The highest BCUT2D eigenvalue weighted by atomic mass is 16.2. The Morgan fingerprint density at radius 1 is 1.25 bits per heavy atom. The Bertz CT molecular complexity index is 228. The minimum Gasteiger partial charge on any atom is -0.350 e. The van der Waals surface area contributed by atoms with E-state index in [-0.39, 0.29) is 17.4 Å². The fraction of sp³-hybridized carbons (Fsp3) is 0.923. The van der Waals surface area contributed by atoms with Crippen LogP contribution in [-0.4, -0.2) is 24.5 Å². The highest BCUT2D eigenvalue weighted by Gasteiger charge is 2.34. The molecule has 2 N–H and O–H groups in total. The summed E-state index contributed by atoms with van der Waals surface area (Å²) in [4.78, 5) is 12.2. The van der Waals surface area contributed by atoms with Gasteiger partial charge in [-0.2, -0.15) is 0 Å². The van der Waals surface area contributed by atoms with Crippen LogP contribution in [0, 0.1) is 11.8 Å². The molecule has 1 amide bonds. The van der Waals surface area contributed by atoms with Crippen LogP contribution in [0.3, 0.4) is 0 Å². The largest absolute Gasteiger partial charge is 0.350 e. The first-order valence-electron chi connectivity index (χ1n) is 6.61. The van der Waals surface area contributed by atoms with Crippen LogP contribution < -0.4 is 10.6 Å². The second kappa shape index (κ2) is 5.67. The first kappa shape index (κ1) is 13.5. The number of rotatable bonds is 5. The minimum atomic E-state index is 0.0133. The summed E-state index contributed by atoms with van der Waals surface area (Å²) in [5, 5.41) is 6.55. The van der Waals surface area contributed by atoms with Crippen molar-refractivity contribution < 1.29 is 4.79 Å². The van der Waals surface area contributed by atoms with Crippen LogP contribution in [0.4, 0.5) is 0 Å². The van der Waals surface area contributed by atoms with Crippen molar-refractivity contribution in [1.29, 1.82) is 0 Å². The second-order valence-electron chi connectivity index (χ2n) is 5.07. The minimum absolute atomic E-state index is 0.0133. The third kappa shape index (κ3) is 2.76. The molecule has 3 nitrogen and oxygen atoms in total. The van der Waals surface area contributed by atoms with Crippen molar-refractivity contribution >= 4 is 5.91 Å². The molecular weight excluding hydrogens is 200 g/mol. The van der Waals surface area contributed by atoms with Gasteiger partial charge in [-0.05, 0) is 31.7 Å². The molecular formula is C13H26N2O. The van der Waals surface area contributed by atoms with Gasteiger partial charge >= 0.3 is 0 Å². The molecule has 0 saturated carbocycles. The zero-order chi connectivity index (χ0) is 12.2. The Balaban J connectivity index is 2.61. The first-order chi connectivity index (χ1) is 7.58. The van der Waals surface area contributed by atoms with E-state index in [4.69, 9.17) is 0 Å². The standard InChI is InChI=1S/C13H26N2O/c1-5-13(6-2,7-3)15-12(16)11-9-14-8-10(11)4/h10-11,14H,5-9H2,1-4H3,(H,15,16)/t10-,11-/m1/s1. The summed E-state index contributed by atoms with van der Waals surface area (Å²) >= 11 is 0. The zero-order valence-corrected chi connectivity index (χ0v) is 11.1. The summed E-state index contributed by atoms with van der Waals surface area (Å²) in [6.45, 7) is 10.4. The highest BCUT2D eigenvalue weighted by Crippen LogP contribution is 2.22. The molecule has 0 aliphatic carbocycles. The van der Waals surface area contributed by atoms with Gasteiger partial charge in [0.1, 0.15) is 0 Å². The van der Waals surface area contributed by atoms with Gasteiger partial charge in [0.25, 0.3) is 0 Å². The molecule has 1 heterocycles. The zero-order valence-electron chi connectivity index (χ0n) is 11.1. The molecule has 1 aliphatic rings. The lowest BCUT2D eigenvalue weighted by Gasteiger charge is -2.33. The lowest BCUT2D eigenvalue weighted by Crippen LogP contribution is -2.50. The summed E-state index contributed by atoms with van der Waals surface area (Å²) < 4.78 is 0. The average molecular weight is 226 g/mol. The van der Waals surface area contributed by atoms with E-state index in [1.54, 1.807) is 0 Å². The Morgan fingerprint density at radius 2 is 1.81 bits per heavy atom. The SMILES string of the molecule is CCC(CC)(CC)NC(=O)[C@@H]1CNC[C@H]1C. The number of hydrogen-bond acceptors (Lipinski definition) is 2. The number of carbonyl (C=O) groups is 1. The van der Waals surface area contributed by atoms with Crippen molar-refractivity contribution in [2.24, 2.45) is 11.8 Å². The Labute approximate surface area is 99.4 Å². The van der Waals surface area contributed by atoms with Crippen LogP contribution in [0.5, 0.6) is 0 Å². The van der Waals surface area contributed by atoms with E-state index >= 15 is 0 Å². The molecule has 1 fully saturated rings. The molecule has 0 aromatic carbocycles. The van der Waals surface area contributed by atoms with Gasteiger partial charge in [0.15, 0.2) is 0 Å². The van der Waals surface area contributed by atoms with Crippen LogP contribution in [0.25, 0.3) is 0 Å². The predicted octanol–water partition coefficient (Wildman–Crippen LogP) is 1.93. The summed E-state index contributed by atoms with van der Waals surface area (Å²) in [5.41, 5.74) is 0.0133. The molecule has 3 heteroatoms. The summed E-state index contributed by atoms with van der Waals surface area (Å²) in [5.74, 6) is 0.857. The lowest BCUT2D eigenvalue weighted by atomic mass is 9.88. The molecule has 0 aromatic heterocycles. The van der Waals surface area contributed by atoms with Gasteiger partial charge in [-0.15, -0.1) is 0 Å². The maximum atomic E-state index is 12.2. The van der Waals surface area contributed by atoms with Gasteiger partial charge < -0.3 is 10.6 Å². The maximum Gasteiger partial charge on any atom is 0.225 e. The predicted molar refractivity (Wildman–Crippen MR) is 67.3 cm³/mol. The molecule has 1 saturated heterocycles. The van der Waals surface area contributed by atoms with Crippen LogP contribution in [0.15, 0.2) is 0 Å². The summed E-state index contributed by atoms with van der Waals surface area (Å²) in [6, 6.07) is 0. The van der Waals surface area contributed by atoms with E-state index in [0.717, 1.165) is 32.4 Å². The number of nitrogens with one attached hydrogen (secondary N) is 2. The maximum absolute atomic E-state index is 12.2. The number of amides is 1. The van der Waals surface area contributed by atoms with Crippen molar-refractivity contribution in [2.45, 2.75) is 52.5 Å². The van der Waals surface area contributed by atoms with Crippen LogP contribution in [-0.2, 0) is 4.79 Å². The fourth-order valence-corrected chi connectivity index (χ4v) is 2.53. The quantitative estimate of drug-likeness (QED) is 0.752. The van der Waals surface area contributed by atoms with Crippen molar-refractivity contribution in [3.63, 3.8) is 0 Å². The molecule has 0 bridgehead atoms. The first-order valence-corrected chi connectivity index (χ1v) is 6.61. The average Bonchev–Trinajstić information content (AvgIpc) is 2.72. The Morgan fingerprint density at radius 3 is 2.19 bits per heavy atom. The molecule has 1 rings (SSSR count). The third-order valence-corrected chi connectivity index (χ3v) is 4.27. The van der Waals surface area contributed by atoms with Crippen LogP contribution in [0.2, 0.25) is 0 Å². The molecule has 0 spiro atoms. The molecule has 94 valence electrons. The summed E-state index contributed by atoms with van der Waals surface area (Å²) in [7, 11) is 0. The normalized spacial score (nSPS) is 25.8. The highest BCUT2D eigenvalue weighted by molar-refractivity contribution is 5.80. The van der Waals surface area contributed by atoms with Crippen molar-refractivity contribution in [2.75, 3.05) is 13.1 Å². The van der Waals surface area contributed by atoms with E-state index in [1.165, 1.54) is 0 Å². The smallest absolute Gasteiger partial charge is 0.225 e. The number of hydrogen-bond donors (Lipinski definition) is 2. The third-order valence-electron chi connectivity index (χ3n) is 4.27. The number of carbonyl (C=O) groups excluding carboxylic acids is 1. The lowest BCUT2D eigenvalue weighted by molar-refractivity contribution is -0.127. The van der Waals surface area contributed by atoms with Crippen molar-refractivity contribution in [1.82, 2.24) is 10.6 Å². The van der Waals surface area contributed by atoms with Gasteiger partial charge in [-0.1, -0.05) is 27.7 Å². The van der Waals surface area contributed by atoms with Gasteiger partial charge in [0, 0.05) is 12.1 Å². The van der Waals surface area contributed by atoms with Gasteiger partial charge in [0.05, 0.1) is 5.92 Å². The Hall–Kier alpha value is -0.570. The monoisotopic (exact) mass is 226 g/mol. The fourth-order valence-electron chi connectivity index (χ4n) is 2.53. The van der Waals surface area contributed by atoms with Crippen molar-refractivity contribution in [3.05, 3.63) is 0 Å². The molecule has 0 radical (unpaired) electrons. The molecule has 2 atom stereocenters. The van der Waals surface area contributed by atoms with E-state index < -0.39 is 0 Å². The van der Waals surface area contributed by atoms with Gasteiger partial charge in [0.2, 0.25) is 5.91 Å². The van der Waals surface area contributed by atoms with Crippen LogP contribution >= 0.6 is 0 Å². The van der Waals surface area contributed by atoms with E-state index in [0.29, 0.717) is 5.92 Å². The molecule has 0 aromatic rings. The molecule has 16 heavy (non-hydrogen) atoms. The van der Waals surface area contributed by atoms with Crippen molar-refractivity contribution in [3.8, 4) is 0 Å². The summed E-state index contributed by atoms with van der Waals surface area (Å²) in [6.07, 6.45) is 3.04. The molecule has 0 unspecified atom stereocenters. The van der Waals surface area contributed by atoms with Gasteiger partial charge in [-0.25, -0.2) is 0 Å². The van der Waals surface area contributed by atoms with Gasteiger partial charge in [-0.3, -0.25) is 4.79 Å². The topological polar surface area (TPSA) is 41.1 Å².